The number of aliphatic hydroxyl groups excluding tert-OH is 1. The minimum atomic E-state index is -0.195. The van der Waals surface area contributed by atoms with Gasteiger partial charge in [0, 0.05) is 25.0 Å². The third-order valence-electron chi connectivity index (χ3n) is 2.66. The first-order chi connectivity index (χ1) is 8.76. The van der Waals surface area contributed by atoms with Gasteiger partial charge in [-0.05, 0) is 30.7 Å². The summed E-state index contributed by atoms with van der Waals surface area (Å²) < 4.78 is 4.92. The van der Waals surface area contributed by atoms with E-state index in [0.717, 1.165) is 12.8 Å². The maximum atomic E-state index is 11.6. The molecule has 1 aromatic rings. The van der Waals surface area contributed by atoms with Crippen LogP contribution in [0.5, 0.6) is 0 Å². The Morgan fingerprint density at radius 3 is 3.06 bits per heavy atom. The Balaban J connectivity index is 2.15. The van der Waals surface area contributed by atoms with Crippen molar-refractivity contribution in [3.05, 3.63) is 22.4 Å². The fourth-order valence-electron chi connectivity index (χ4n) is 1.65. The molecule has 1 unspecified atom stereocenters. The summed E-state index contributed by atoms with van der Waals surface area (Å²) in [6.45, 7) is 0.501. The zero-order valence-corrected chi connectivity index (χ0v) is 11.5. The predicted octanol–water partition coefficient (Wildman–Crippen LogP) is 1.58. The Labute approximate surface area is 112 Å². The second kappa shape index (κ2) is 9.08. The van der Waals surface area contributed by atoms with Crippen molar-refractivity contribution < 1.29 is 14.6 Å². The number of hydrogen-bond acceptors (Lipinski definition) is 4. The van der Waals surface area contributed by atoms with Crippen molar-refractivity contribution in [2.24, 2.45) is 0 Å². The third-order valence-corrected chi connectivity index (χ3v) is 3.60. The molecule has 1 aromatic heterocycles. The van der Waals surface area contributed by atoms with Gasteiger partial charge in [-0.2, -0.15) is 0 Å². The van der Waals surface area contributed by atoms with Crippen LogP contribution in [0.4, 0.5) is 0 Å². The minimum absolute atomic E-state index is 0.00158. The number of nitrogens with one attached hydrogen (secondary N) is 1. The highest BCUT2D eigenvalue weighted by Crippen LogP contribution is 2.11. The standard InChI is InChI=1S/C13H21NO3S/c1-17-8-7-11(10-15)14-13(16)6-2-4-12-5-3-9-18-12/h3,5,9,11,15H,2,4,6-8,10H2,1H3,(H,14,16). The number of methoxy groups -OCH3 is 1. The molecule has 1 rings (SSSR count). The molecule has 0 saturated heterocycles. The number of hydrogen-bond donors (Lipinski definition) is 2. The maximum absolute atomic E-state index is 11.6. The number of aryl methyl sites for hydroxylation is 1. The second-order valence-corrected chi connectivity index (χ2v) is 5.19. The van der Waals surface area contributed by atoms with Crippen molar-refractivity contribution in [1.29, 1.82) is 0 Å². The zero-order chi connectivity index (χ0) is 13.2. The van der Waals surface area contributed by atoms with Crippen LogP contribution in [0.3, 0.4) is 0 Å². The second-order valence-electron chi connectivity index (χ2n) is 4.16. The molecular formula is C13H21NO3S. The Bertz CT molecular complexity index is 327. The van der Waals surface area contributed by atoms with E-state index in [4.69, 9.17) is 9.84 Å². The smallest absolute Gasteiger partial charge is 0.220 e. The molecular weight excluding hydrogens is 250 g/mol. The molecule has 0 radical (unpaired) electrons. The number of carbonyl (C=O) groups is 1. The van der Waals surface area contributed by atoms with Gasteiger partial charge >= 0.3 is 0 Å². The highest BCUT2D eigenvalue weighted by Gasteiger charge is 2.10. The SMILES string of the molecule is COCCC(CO)NC(=O)CCCc1cccs1. The summed E-state index contributed by atoms with van der Waals surface area (Å²) in [5.74, 6) is 0.00158. The van der Waals surface area contributed by atoms with E-state index in [1.807, 2.05) is 11.4 Å². The first-order valence-corrected chi connectivity index (χ1v) is 7.05. The Hall–Kier alpha value is -0.910. The number of ether oxygens (including phenoxy) is 1. The number of carbonyl (C=O) groups excluding carboxylic acids is 1. The summed E-state index contributed by atoms with van der Waals surface area (Å²) in [5.41, 5.74) is 0. The molecule has 0 saturated carbocycles. The van der Waals surface area contributed by atoms with Crippen molar-refractivity contribution in [3.63, 3.8) is 0 Å². The average Bonchev–Trinajstić information content (AvgIpc) is 2.87. The molecule has 0 aliphatic heterocycles. The van der Waals surface area contributed by atoms with E-state index in [0.29, 0.717) is 19.4 Å². The van der Waals surface area contributed by atoms with Crippen LogP contribution in [0.2, 0.25) is 0 Å². The lowest BCUT2D eigenvalue weighted by Gasteiger charge is -2.15. The van der Waals surface area contributed by atoms with Gasteiger partial charge in [-0.3, -0.25) is 4.79 Å². The van der Waals surface area contributed by atoms with Crippen molar-refractivity contribution in [2.45, 2.75) is 31.7 Å². The zero-order valence-electron chi connectivity index (χ0n) is 10.7. The van der Waals surface area contributed by atoms with E-state index < -0.39 is 0 Å². The number of rotatable bonds is 9. The largest absolute Gasteiger partial charge is 0.394 e. The van der Waals surface area contributed by atoms with E-state index in [1.165, 1.54) is 4.88 Å². The molecule has 1 atom stereocenters. The normalized spacial score (nSPS) is 12.3. The van der Waals surface area contributed by atoms with Crippen LogP contribution in [-0.2, 0) is 16.0 Å². The minimum Gasteiger partial charge on any atom is -0.394 e. The molecule has 5 heteroatoms. The Kier molecular flexibility index (Phi) is 7.64. The molecule has 0 fully saturated rings. The first kappa shape index (κ1) is 15.1. The summed E-state index contributed by atoms with van der Waals surface area (Å²) in [6.07, 6.45) is 2.92. The number of thiophene rings is 1. The summed E-state index contributed by atoms with van der Waals surface area (Å²) in [4.78, 5) is 13.0. The monoisotopic (exact) mass is 271 g/mol. The van der Waals surface area contributed by atoms with Gasteiger partial charge < -0.3 is 15.2 Å². The van der Waals surface area contributed by atoms with Crippen LogP contribution in [0.15, 0.2) is 17.5 Å². The third kappa shape index (κ3) is 6.14. The van der Waals surface area contributed by atoms with Gasteiger partial charge in [-0.1, -0.05) is 6.07 Å². The highest BCUT2D eigenvalue weighted by molar-refractivity contribution is 7.09. The summed E-state index contributed by atoms with van der Waals surface area (Å²) in [7, 11) is 1.61. The van der Waals surface area contributed by atoms with Gasteiger partial charge in [0.1, 0.15) is 0 Å². The molecule has 1 heterocycles. The van der Waals surface area contributed by atoms with E-state index in [9.17, 15) is 4.79 Å². The molecule has 1 amide bonds. The van der Waals surface area contributed by atoms with Crippen LogP contribution in [0.25, 0.3) is 0 Å². The predicted molar refractivity (Wildman–Crippen MR) is 72.8 cm³/mol. The molecule has 4 nitrogen and oxygen atoms in total. The molecule has 2 N–H and O–H groups in total. The molecule has 0 spiro atoms. The lowest BCUT2D eigenvalue weighted by molar-refractivity contribution is -0.122. The number of amides is 1. The Morgan fingerprint density at radius 1 is 1.61 bits per heavy atom. The highest BCUT2D eigenvalue weighted by atomic mass is 32.1. The summed E-state index contributed by atoms with van der Waals surface area (Å²) in [6, 6.07) is 3.91. The van der Waals surface area contributed by atoms with E-state index in [2.05, 4.69) is 11.4 Å². The lowest BCUT2D eigenvalue weighted by atomic mass is 10.2. The summed E-state index contributed by atoms with van der Waals surface area (Å²) in [5, 5.41) is 14.0. The van der Waals surface area contributed by atoms with Crippen LogP contribution in [0.1, 0.15) is 24.1 Å². The Morgan fingerprint density at radius 2 is 2.44 bits per heavy atom. The number of aliphatic hydroxyl groups is 1. The molecule has 0 aliphatic rings. The van der Waals surface area contributed by atoms with Crippen molar-refractivity contribution >= 4 is 17.2 Å². The molecule has 18 heavy (non-hydrogen) atoms. The maximum Gasteiger partial charge on any atom is 0.220 e. The first-order valence-electron chi connectivity index (χ1n) is 6.17. The van der Waals surface area contributed by atoms with Crippen molar-refractivity contribution in [2.75, 3.05) is 20.3 Å². The van der Waals surface area contributed by atoms with E-state index >= 15 is 0 Å². The van der Waals surface area contributed by atoms with E-state index in [-0.39, 0.29) is 18.6 Å². The molecule has 0 bridgehead atoms. The van der Waals surface area contributed by atoms with E-state index in [1.54, 1.807) is 18.4 Å². The van der Waals surface area contributed by atoms with Crippen LogP contribution < -0.4 is 5.32 Å². The fraction of sp³-hybridized carbons (Fsp3) is 0.615. The quantitative estimate of drug-likeness (QED) is 0.717. The van der Waals surface area contributed by atoms with Gasteiger partial charge in [0.2, 0.25) is 5.91 Å². The van der Waals surface area contributed by atoms with Crippen molar-refractivity contribution in [1.82, 2.24) is 5.32 Å². The van der Waals surface area contributed by atoms with Gasteiger partial charge in [0.25, 0.3) is 0 Å². The summed E-state index contributed by atoms with van der Waals surface area (Å²) >= 11 is 1.72. The topological polar surface area (TPSA) is 58.6 Å². The van der Waals surface area contributed by atoms with Crippen LogP contribution in [0, 0.1) is 0 Å². The molecule has 0 aliphatic carbocycles. The average molecular weight is 271 g/mol. The molecule has 102 valence electrons. The lowest BCUT2D eigenvalue weighted by Crippen LogP contribution is -2.38. The van der Waals surface area contributed by atoms with Crippen LogP contribution in [-0.4, -0.2) is 37.4 Å². The van der Waals surface area contributed by atoms with Gasteiger partial charge in [0.05, 0.1) is 12.6 Å². The van der Waals surface area contributed by atoms with Gasteiger partial charge in [-0.15, -0.1) is 11.3 Å². The molecule has 0 aromatic carbocycles. The van der Waals surface area contributed by atoms with Gasteiger partial charge in [0.15, 0.2) is 0 Å². The van der Waals surface area contributed by atoms with Crippen molar-refractivity contribution in [3.8, 4) is 0 Å². The van der Waals surface area contributed by atoms with Crippen LogP contribution >= 0.6 is 11.3 Å². The van der Waals surface area contributed by atoms with Gasteiger partial charge in [-0.25, -0.2) is 0 Å². The fourth-order valence-corrected chi connectivity index (χ4v) is 2.40.